The molecule has 4 nitrogen and oxygen atoms in total. The molecule has 1 N–H and O–H groups in total. The van der Waals surface area contributed by atoms with Gasteiger partial charge in [-0.25, -0.2) is 4.39 Å². The van der Waals surface area contributed by atoms with Crippen LogP contribution >= 0.6 is 23.4 Å². The summed E-state index contributed by atoms with van der Waals surface area (Å²) in [6, 6.07) is 4.51. The van der Waals surface area contributed by atoms with Crippen LogP contribution in [-0.2, 0) is 6.42 Å². The maximum atomic E-state index is 13.6. The van der Waals surface area contributed by atoms with E-state index in [1.807, 2.05) is 0 Å². The molecule has 0 saturated heterocycles. The summed E-state index contributed by atoms with van der Waals surface area (Å²) in [5, 5.41) is 17.1. The van der Waals surface area contributed by atoms with Gasteiger partial charge in [0.2, 0.25) is 5.89 Å². The lowest BCUT2D eigenvalue weighted by Crippen LogP contribution is -1.94. The number of hydrogen-bond acceptors (Lipinski definition) is 5. The normalized spacial score (nSPS) is 10.9. The van der Waals surface area contributed by atoms with E-state index in [1.165, 1.54) is 17.8 Å². The molecule has 0 aliphatic carbocycles. The van der Waals surface area contributed by atoms with Crippen LogP contribution in [0.5, 0.6) is 0 Å². The molecule has 0 spiro atoms. The second-order valence-electron chi connectivity index (χ2n) is 3.76. The smallest absolute Gasteiger partial charge is 0.276 e. The lowest BCUT2D eigenvalue weighted by Gasteiger charge is -2.01. The topological polar surface area (TPSA) is 59.2 Å². The summed E-state index contributed by atoms with van der Waals surface area (Å²) >= 11 is 7.28. The van der Waals surface area contributed by atoms with Gasteiger partial charge in [0, 0.05) is 22.9 Å². The zero-order valence-electron chi connectivity index (χ0n) is 9.97. The molecule has 2 rings (SSSR count). The first-order valence-corrected chi connectivity index (χ1v) is 7.06. The van der Waals surface area contributed by atoms with Crippen molar-refractivity contribution in [2.75, 3.05) is 12.4 Å². The monoisotopic (exact) mass is 302 g/mol. The van der Waals surface area contributed by atoms with Gasteiger partial charge in [0.1, 0.15) is 5.82 Å². The first-order chi connectivity index (χ1) is 9.20. The molecule has 0 fully saturated rings. The van der Waals surface area contributed by atoms with Crippen molar-refractivity contribution in [2.24, 2.45) is 0 Å². The molecule has 102 valence electrons. The Bertz CT molecular complexity index is 530. The Labute approximate surface area is 119 Å². The van der Waals surface area contributed by atoms with Gasteiger partial charge >= 0.3 is 0 Å². The van der Waals surface area contributed by atoms with Gasteiger partial charge in [-0.3, -0.25) is 0 Å². The maximum absolute atomic E-state index is 13.6. The van der Waals surface area contributed by atoms with E-state index in [4.69, 9.17) is 21.1 Å². The molecule has 0 saturated carbocycles. The number of aromatic nitrogens is 2. The fraction of sp³-hybridized carbons (Fsp3) is 0.333. The number of aliphatic hydroxyl groups excluding tert-OH is 1. The Morgan fingerprint density at radius 2 is 2.21 bits per heavy atom. The van der Waals surface area contributed by atoms with Crippen LogP contribution in [-0.4, -0.2) is 27.7 Å². The molecular formula is C12H12ClFN2O2S. The molecule has 7 heteroatoms. The molecule has 0 aliphatic rings. The Morgan fingerprint density at radius 3 is 2.95 bits per heavy atom. The maximum Gasteiger partial charge on any atom is 0.276 e. The van der Waals surface area contributed by atoms with Crippen LogP contribution in [0.25, 0.3) is 0 Å². The van der Waals surface area contributed by atoms with Gasteiger partial charge in [0.15, 0.2) is 0 Å². The standard InChI is InChI=1S/C12H12ClFN2O2S/c13-9-3-1-4-10(14)8(9)7-11-15-16-12(18-11)19-6-2-5-17/h1,3-4,17H,2,5-7H2. The molecule has 1 aromatic heterocycles. The Morgan fingerprint density at radius 1 is 1.37 bits per heavy atom. The average Bonchev–Trinajstić information content (AvgIpc) is 2.82. The largest absolute Gasteiger partial charge is 0.416 e. The minimum atomic E-state index is -0.389. The molecule has 1 heterocycles. The first kappa shape index (κ1) is 14.3. The lowest BCUT2D eigenvalue weighted by molar-refractivity contribution is 0.296. The van der Waals surface area contributed by atoms with E-state index < -0.39 is 0 Å². The van der Waals surface area contributed by atoms with Crippen molar-refractivity contribution in [1.82, 2.24) is 10.2 Å². The van der Waals surface area contributed by atoms with Crippen molar-refractivity contribution < 1.29 is 13.9 Å². The van der Waals surface area contributed by atoms with Crippen LogP contribution in [0, 0.1) is 5.82 Å². The van der Waals surface area contributed by atoms with E-state index in [2.05, 4.69) is 10.2 Å². The van der Waals surface area contributed by atoms with E-state index in [1.54, 1.807) is 12.1 Å². The van der Waals surface area contributed by atoms with Gasteiger partial charge in [-0.05, 0) is 18.6 Å². The van der Waals surface area contributed by atoms with Gasteiger partial charge < -0.3 is 9.52 Å². The van der Waals surface area contributed by atoms with Gasteiger partial charge in [0.25, 0.3) is 5.22 Å². The van der Waals surface area contributed by atoms with E-state index in [-0.39, 0.29) is 18.8 Å². The fourth-order valence-corrected chi connectivity index (χ4v) is 2.38. The van der Waals surface area contributed by atoms with E-state index in [9.17, 15) is 4.39 Å². The van der Waals surface area contributed by atoms with E-state index in [0.717, 1.165) is 0 Å². The predicted octanol–water partition coefficient (Wildman–Crippen LogP) is 2.93. The SMILES string of the molecule is OCCCSc1nnc(Cc2c(F)cccc2Cl)o1. The Hall–Kier alpha value is -1.11. The molecule has 0 amide bonds. The third kappa shape index (κ3) is 3.92. The van der Waals surface area contributed by atoms with Crippen molar-refractivity contribution in [3.63, 3.8) is 0 Å². The molecule has 0 unspecified atom stereocenters. The van der Waals surface area contributed by atoms with Crippen LogP contribution in [0.3, 0.4) is 0 Å². The molecule has 0 atom stereocenters. The highest BCUT2D eigenvalue weighted by Crippen LogP contribution is 2.23. The van der Waals surface area contributed by atoms with Gasteiger partial charge in [-0.15, -0.1) is 10.2 Å². The fourth-order valence-electron chi connectivity index (χ4n) is 1.44. The molecule has 2 aromatic rings. The Kier molecular flexibility index (Phi) is 5.18. The number of thioether (sulfide) groups is 1. The third-order valence-corrected chi connectivity index (χ3v) is 3.62. The van der Waals surface area contributed by atoms with Crippen LogP contribution in [0.1, 0.15) is 17.9 Å². The van der Waals surface area contributed by atoms with Crippen LogP contribution in [0.2, 0.25) is 5.02 Å². The summed E-state index contributed by atoms with van der Waals surface area (Å²) in [6.45, 7) is 0.124. The summed E-state index contributed by atoms with van der Waals surface area (Å²) in [6.07, 6.45) is 0.820. The molecular weight excluding hydrogens is 291 g/mol. The molecule has 0 aliphatic heterocycles. The number of hydrogen-bond donors (Lipinski definition) is 1. The Balaban J connectivity index is 2.03. The summed E-state index contributed by atoms with van der Waals surface area (Å²) < 4.78 is 19.0. The van der Waals surface area contributed by atoms with E-state index in [0.29, 0.717) is 33.9 Å². The zero-order valence-corrected chi connectivity index (χ0v) is 11.5. The highest BCUT2D eigenvalue weighted by Gasteiger charge is 2.13. The zero-order chi connectivity index (χ0) is 13.7. The number of benzene rings is 1. The second-order valence-corrected chi connectivity index (χ2v) is 5.22. The highest BCUT2D eigenvalue weighted by atomic mass is 35.5. The van der Waals surface area contributed by atoms with Gasteiger partial charge in [0.05, 0.1) is 6.42 Å². The lowest BCUT2D eigenvalue weighted by atomic mass is 10.1. The molecule has 19 heavy (non-hydrogen) atoms. The summed E-state index contributed by atoms with van der Waals surface area (Å²) in [4.78, 5) is 0. The van der Waals surface area contributed by atoms with Crippen LogP contribution < -0.4 is 0 Å². The number of aliphatic hydroxyl groups is 1. The quantitative estimate of drug-likeness (QED) is 0.657. The molecule has 1 aromatic carbocycles. The summed E-state index contributed by atoms with van der Waals surface area (Å²) in [7, 11) is 0. The predicted molar refractivity (Wildman–Crippen MR) is 70.9 cm³/mol. The third-order valence-electron chi connectivity index (χ3n) is 2.37. The average molecular weight is 303 g/mol. The number of rotatable bonds is 6. The summed E-state index contributed by atoms with van der Waals surface area (Å²) in [5.41, 5.74) is 0.347. The number of halogens is 2. The van der Waals surface area contributed by atoms with Crippen LogP contribution in [0.4, 0.5) is 4.39 Å². The number of nitrogens with zero attached hydrogens (tertiary/aromatic N) is 2. The van der Waals surface area contributed by atoms with Crippen molar-refractivity contribution in [1.29, 1.82) is 0 Å². The van der Waals surface area contributed by atoms with Gasteiger partial charge in [-0.2, -0.15) is 0 Å². The van der Waals surface area contributed by atoms with Crippen LogP contribution in [0.15, 0.2) is 27.8 Å². The first-order valence-electron chi connectivity index (χ1n) is 5.69. The van der Waals surface area contributed by atoms with Crippen molar-refractivity contribution in [3.8, 4) is 0 Å². The van der Waals surface area contributed by atoms with Gasteiger partial charge in [-0.1, -0.05) is 29.4 Å². The second kappa shape index (κ2) is 6.88. The minimum Gasteiger partial charge on any atom is -0.416 e. The minimum absolute atomic E-state index is 0.124. The van der Waals surface area contributed by atoms with E-state index >= 15 is 0 Å². The van der Waals surface area contributed by atoms with Crippen molar-refractivity contribution >= 4 is 23.4 Å². The highest BCUT2D eigenvalue weighted by molar-refractivity contribution is 7.99. The molecule has 0 bridgehead atoms. The van der Waals surface area contributed by atoms with Crippen molar-refractivity contribution in [3.05, 3.63) is 40.5 Å². The summed E-state index contributed by atoms with van der Waals surface area (Å²) in [5.74, 6) is 0.622. The molecule has 0 radical (unpaired) electrons. The van der Waals surface area contributed by atoms with Crippen molar-refractivity contribution in [2.45, 2.75) is 18.1 Å².